The summed E-state index contributed by atoms with van der Waals surface area (Å²) < 4.78 is 15.7. The van der Waals surface area contributed by atoms with Gasteiger partial charge in [0.05, 0.1) is 19.8 Å². The van der Waals surface area contributed by atoms with Crippen LogP contribution in [0.2, 0.25) is 5.02 Å². The van der Waals surface area contributed by atoms with Crippen LogP contribution in [0.25, 0.3) is 11.0 Å². The second kappa shape index (κ2) is 9.90. The number of aliphatic hydroxyl groups is 1. The van der Waals surface area contributed by atoms with Crippen molar-refractivity contribution < 1.29 is 28.6 Å². The smallest absolute Gasteiger partial charge is 0.355 e. The van der Waals surface area contributed by atoms with Gasteiger partial charge in [-0.2, -0.15) is 0 Å². The second-order valence-corrected chi connectivity index (χ2v) is 7.03. The molecule has 0 saturated carbocycles. The van der Waals surface area contributed by atoms with E-state index in [4.69, 9.17) is 25.5 Å². The molecule has 1 aliphatic heterocycles. The first kappa shape index (κ1) is 22.0. The van der Waals surface area contributed by atoms with E-state index in [1.54, 1.807) is 24.1 Å². The molecule has 1 fully saturated rings. The quantitative estimate of drug-likeness (QED) is 0.513. The molecule has 2 aromatic rings. The third kappa shape index (κ3) is 5.28. The Hall–Kier alpha value is -2.66. The van der Waals surface area contributed by atoms with Crippen LogP contribution in [0.3, 0.4) is 0 Å². The van der Waals surface area contributed by atoms with Crippen LogP contribution in [0.15, 0.2) is 27.4 Å². The third-order valence-corrected chi connectivity index (χ3v) is 4.99. The summed E-state index contributed by atoms with van der Waals surface area (Å²) in [7, 11) is 0. The number of carbonyl (C=O) groups is 2. The fourth-order valence-electron chi connectivity index (χ4n) is 2.89. The van der Waals surface area contributed by atoms with Gasteiger partial charge in [0.25, 0.3) is 11.8 Å². The standard InChI is InChI=1S/C19H22ClN3O7/c1-11-13-3-2-12(8-15(13)30-19(27)17(11)20)29-10-16(25)21-14(9-24)18(26)22-23-4-6-28-7-5-23/h2-3,8,14,24H,4-7,9-10H2,1H3,(H,21,25)(H,22,26). The maximum absolute atomic E-state index is 12.2. The minimum Gasteiger partial charge on any atom is -0.484 e. The SMILES string of the molecule is Cc1c(Cl)c(=O)oc2cc(OCC(=O)NC(CO)C(=O)NN3CCOCC3)ccc12. The first-order valence-electron chi connectivity index (χ1n) is 9.28. The van der Waals surface area contributed by atoms with E-state index in [-0.39, 0.29) is 10.6 Å². The van der Waals surface area contributed by atoms with Gasteiger partial charge in [0.1, 0.15) is 22.4 Å². The zero-order valence-electron chi connectivity index (χ0n) is 16.3. The average Bonchev–Trinajstić information content (AvgIpc) is 2.75. The van der Waals surface area contributed by atoms with E-state index in [9.17, 15) is 19.5 Å². The molecular formula is C19H22ClN3O7. The summed E-state index contributed by atoms with van der Waals surface area (Å²) in [5.41, 5.74) is 2.83. The molecule has 3 N–H and O–H groups in total. The highest BCUT2D eigenvalue weighted by atomic mass is 35.5. The number of nitrogens with zero attached hydrogens (tertiary/aromatic N) is 1. The number of nitrogens with one attached hydrogen (secondary N) is 2. The number of hydrogen-bond donors (Lipinski definition) is 3. The number of fused-ring (bicyclic) bond motifs is 1. The Morgan fingerprint density at radius 3 is 2.77 bits per heavy atom. The Kier molecular flexibility index (Phi) is 7.27. The van der Waals surface area contributed by atoms with Gasteiger partial charge in [-0.25, -0.2) is 9.80 Å². The largest absolute Gasteiger partial charge is 0.484 e. The maximum atomic E-state index is 12.2. The number of carbonyl (C=O) groups excluding carboxylic acids is 2. The molecule has 1 aromatic heterocycles. The number of ether oxygens (including phenoxy) is 2. The molecule has 162 valence electrons. The molecule has 1 unspecified atom stereocenters. The highest BCUT2D eigenvalue weighted by Gasteiger charge is 2.23. The van der Waals surface area contributed by atoms with Crippen molar-refractivity contribution in [3.8, 4) is 5.75 Å². The Labute approximate surface area is 176 Å². The van der Waals surface area contributed by atoms with Crippen LogP contribution >= 0.6 is 11.6 Å². The predicted molar refractivity (Wildman–Crippen MR) is 107 cm³/mol. The molecular weight excluding hydrogens is 418 g/mol. The molecule has 0 bridgehead atoms. The first-order valence-corrected chi connectivity index (χ1v) is 9.66. The summed E-state index contributed by atoms with van der Waals surface area (Å²) in [5, 5.41) is 14.2. The molecule has 1 atom stereocenters. The lowest BCUT2D eigenvalue weighted by Gasteiger charge is -2.28. The van der Waals surface area contributed by atoms with Gasteiger partial charge >= 0.3 is 5.63 Å². The summed E-state index contributed by atoms with van der Waals surface area (Å²) >= 11 is 5.90. The third-order valence-electron chi connectivity index (χ3n) is 4.55. The maximum Gasteiger partial charge on any atom is 0.355 e. The lowest BCUT2D eigenvalue weighted by Crippen LogP contribution is -2.56. The second-order valence-electron chi connectivity index (χ2n) is 6.65. The van der Waals surface area contributed by atoms with E-state index < -0.39 is 36.7 Å². The molecule has 1 aromatic carbocycles. The summed E-state index contributed by atoms with van der Waals surface area (Å²) in [6.07, 6.45) is 0. The highest BCUT2D eigenvalue weighted by Crippen LogP contribution is 2.25. The molecule has 0 spiro atoms. The minimum absolute atomic E-state index is 0.0148. The Balaban J connectivity index is 1.57. The van der Waals surface area contributed by atoms with Gasteiger partial charge in [0.2, 0.25) is 0 Å². The molecule has 2 amide bonds. The predicted octanol–water partition coefficient (Wildman–Crippen LogP) is -0.0259. The van der Waals surface area contributed by atoms with Crippen LogP contribution in [0.5, 0.6) is 5.75 Å². The number of aliphatic hydroxyl groups excluding tert-OH is 1. The lowest BCUT2D eigenvalue weighted by molar-refractivity contribution is -0.135. The minimum atomic E-state index is -1.12. The number of aryl methyl sites for hydroxylation is 1. The van der Waals surface area contributed by atoms with E-state index in [0.717, 1.165) is 0 Å². The summed E-state index contributed by atoms with van der Waals surface area (Å²) in [6.45, 7) is 2.75. The number of morpholine rings is 1. The number of amides is 2. The summed E-state index contributed by atoms with van der Waals surface area (Å²) in [5.74, 6) is -0.839. The van der Waals surface area contributed by atoms with Crippen molar-refractivity contribution in [2.75, 3.05) is 39.5 Å². The fourth-order valence-corrected chi connectivity index (χ4v) is 3.03. The van der Waals surface area contributed by atoms with Gasteiger partial charge in [0, 0.05) is 24.5 Å². The normalized spacial score (nSPS) is 15.6. The van der Waals surface area contributed by atoms with Crippen LogP contribution < -0.4 is 21.1 Å². The van der Waals surface area contributed by atoms with Crippen LogP contribution in [-0.2, 0) is 14.3 Å². The van der Waals surface area contributed by atoms with Gasteiger partial charge in [-0.3, -0.25) is 15.0 Å². The van der Waals surface area contributed by atoms with Gasteiger partial charge < -0.3 is 24.3 Å². The van der Waals surface area contributed by atoms with Gasteiger partial charge in [-0.1, -0.05) is 11.6 Å². The fraction of sp³-hybridized carbons (Fsp3) is 0.421. The van der Waals surface area contributed by atoms with Crippen molar-refractivity contribution >= 4 is 34.4 Å². The monoisotopic (exact) mass is 439 g/mol. The van der Waals surface area contributed by atoms with Gasteiger partial charge in [-0.05, 0) is 24.6 Å². The zero-order valence-corrected chi connectivity index (χ0v) is 17.0. The summed E-state index contributed by atoms with van der Waals surface area (Å²) in [6, 6.07) is 3.62. The number of hydrazine groups is 1. The van der Waals surface area contributed by atoms with E-state index in [2.05, 4.69) is 10.7 Å². The summed E-state index contributed by atoms with van der Waals surface area (Å²) in [4.78, 5) is 36.1. The molecule has 1 saturated heterocycles. The number of benzene rings is 1. The van der Waals surface area contributed by atoms with Crippen molar-refractivity contribution in [3.63, 3.8) is 0 Å². The molecule has 2 heterocycles. The number of halogens is 1. The van der Waals surface area contributed by atoms with Crippen molar-refractivity contribution in [1.29, 1.82) is 0 Å². The molecule has 0 aliphatic carbocycles. The van der Waals surface area contributed by atoms with E-state index >= 15 is 0 Å². The first-order chi connectivity index (χ1) is 14.4. The van der Waals surface area contributed by atoms with Crippen molar-refractivity contribution in [1.82, 2.24) is 15.8 Å². The zero-order chi connectivity index (χ0) is 21.7. The van der Waals surface area contributed by atoms with Gasteiger partial charge in [0.15, 0.2) is 6.61 Å². The Morgan fingerprint density at radius 1 is 1.33 bits per heavy atom. The van der Waals surface area contributed by atoms with Crippen LogP contribution in [-0.4, -0.2) is 67.5 Å². The van der Waals surface area contributed by atoms with Crippen LogP contribution in [0.4, 0.5) is 0 Å². The van der Waals surface area contributed by atoms with E-state index in [0.29, 0.717) is 43.0 Å². The topological polar surface area (TPSA) is 130 Å². The van der Waals surface area contributed by atoms with Crippen molar-refractivity contribution in [2.45, 2.75) is 13.0 Å². The van der Waals surface area contributed by atoms with E-state index in [1.165, 1.54) is 6.07 Å². The Morgan fingerprint density at radius 2 is 2.07 bits per heavy atom. The highest BCUT2D eigenvalue weighted by molar-refractivity contribution is 6.31. The van der Waals surface area contributed by atoms with Gasteiger partial charge in [-0.15, -0.1) is 0 Å². The van der Waals surface area contributed by atoms with Crippen LogP contribution in [0.1, 0.15) is 5.56 Å². The van der Waals surface area contributed by atoms with Crippen molar-refractivity contribution in [3.05, 3.63) is 39.2 Å². The number of rotatable bonds is 7. The van der Waals surface area contributed by atoms with Crippen molar-refractivity contribution in [2.24, 2.45) is 0 Å². The molecule has 3 rings (SSSR count). The average molecular weight is 440 g/mol. The molecule has 11 heteroatoms. The molecule has 1 aliphatic rings. The lowest BCUT2D eigenvalue weighted by atomic mass is 10.1. The Bertz CT molecular complexity index is 988. The van der Waals surface area contributed by atoms with E-state index in [1.807, 2.05) is 0 Å². The van der Waals surface area contributed by atoms with Crippen LogP contribution in [0, 0.1) is 6.92 Å². The molecule has 30 heavy (non-hydrogen) atoms. The molecule has 0 radical (unpaired) electrons. The number of hydrogen-bond acceptors (Lipinski definition) is 8. The molecule has 10 nitrogen and oxygen atoms in total.